The molecule has 2 aromatic carbocycles. The summed E-state index contributed by atoms with van der Waals surface area (Å²) in [5.74, 6) is -3.30. The fourth-order valence-corrected chi connectivity index (χ4v) is 2.54. The third-order valence-corrected chi connectivity index (χ3v) is 3.88. The van der Waals surface area contributed by atoms with Crippen molar-refractivity contribution in [3.63, 3.8) is 0 Å². The molecule has 126 valence electrons. The molecule has 3 rings (SSSR count). The van der Waals surface area contributed by atoms with E-state index in [0.717, 1.165) is 12.1 Å². The number of hydrogen-bond acceptors (Lipinski definition) is 3. The molecular weight excluding hydrogens is 319 g/mol. The van der Waals surface area contributed by atoms with Crippen LogP contribution in [-0.4, -0.2) is 29.9 Å². The average Bonchev–Trinajstić information content (AvgIpc) is 2.49. The van der Waals surface area contributed by atoms with Gasteiger partial charge in [-0.15, -0.1) is 0 Å². The van der Waals surface area contributed by atoms with E-state index < -0.39 is 23.4 Å². The normalized spacial score (nSPS) is 14.5. The molecular formula is C17H16F3N3O. The van der Waals surface area contributed by atoms with Gasteiger partial charge in [-0.25, -0.2) is 13.2 Å². The third kappa shape index (κ3) is 3.07. The summed E-state index contributed by atoms with van der Waals surface area (Å²) in [5.41, 5.74) is 6.36. The van der Waals surface area contributed by atoms with Crippen molar-refractivity contribution in [2.45, 2.75) is 13.0 Å². The molecule has 0 aromatic heterocycles. The van der Waals surface area contributed by atoms with Gasteiger partial charge >= 0.3 is 0 Å². The van der Waals surface area contributed by atoms with Gasteiger partial charge in [0, 0.05) is 25.2 Å². The smallest absolute Gasteiger partial charge is 0.256 e. The number of halogens is 3. The van der Waals surface area contributed by atoms with E-state index in [2.05, 4.69) is 5.32 Å². The van der Waals surface area contributed by atoms with E-state index in [9.17, 15) is 18.0 Å². The number of aryl methyl sites for hydroxylation is 1. The van der Waals surface area contributed by atoms with Crippen molar-refractivity contribution in [2.75, 3.05) is 18.4 Å². The fourth-order valence-electron chi connectivity index (χ4n) is 2.54. The molecule has 0 atom stereocenters. The summed E-state index contributed by atoms with van der Waals surface area (Å²) in [6.45, 7) is 2.42. The standard InChI is InChI=1S/C17H16F3N3O/c1-9-2-3-15(14(20)4-9)22-16-6-13(19)12(18)5-11(16)17(24)23-7-10(21)8-23/h2-6,10,22H,7-8,21H2,1H3. The molecule has 0 aliphatic carbocycles. The maximum atomic E-state index is 14.0. The summed E-state index contributed by atoms with van der Waals surface area (Å²) in [6.07, 6.45) is 0. The number of nitrogens with zero attached hydrogens (tertiary/aromatic N) is 1. The number of anilines is 2. The molecule has 1 aliphatic rings. The first-order valence-corrected chi connectivity index (χ1v) is 7.42. The summed E-state index contributed by atoms with van der Waals surface area (Å²) in [5, 5.41) is 2.67. The Hall–Kier alpha value is -2.54. The SMILES string of the molecule is Cc1ccc(Nc2cc(F)c(F)cc2C(=O)N2CC(N)C2)c(F)c1. The van der Waals surface area contributed by atoms with Gasteiger partial charge in [-0.3, -0.25) is 4.79 Å². The Balaban J connectivity index is 1.96. The first kappa shape index (κ1) is 16.3. The molecule has 0 bridgehead atoms. The molecule has 3 N–H and O–H groups in total. The Morgan fingerprint density at radius 3 is 2.38 bits per heavy atom. The quantitative estimate of drug-likeness (QED) is 0.907. The molecule has 1 fully saturated rings. The summed E-state index contributed by atoms with van der Waals surface area (Å²) >= 11 is 0. The zero-order valence-electron chi connectivity index (χ0n) is 12.9. The minimum atomic E-state index is -1.14. The molecule has 1 aliphatic heterocycles. The highest BCUT2D eigenvalue weighted by molar-refractivity contribution is 6.00. The van der Waals surface area contributed by atoms with Crippen molar-refractivity contribution in [1.29, 1.82) is 0 Å². The van der Waals surface area contributed by atoms with Crippen LogP contribution in [0.4, 0.5) is 24.5 Å². The number of benzene rings is 2. The van der Waals surface area contributed by atoms with Gasteiger partial charge in [0.1, 0.15) is 5.82 Å². The van der Waals surface area contributed by atoms with Crippen LogP contribution in [-0.2, 0) is 0 Å². The maximum Gasteiger partial charge on any atom is 0.256 e. The second kappa shape index (κ2) is 6.16. The van der Waals surface area contributed by atoms with Crippen LogP contribution in [0.3, 0.4) is 0 Å². The number of carbonyl (C=O) groups excluding carboxylic acids is 1. The number of rotatable bonds is 3. The van der Waals surface area contributed by atoms with E-state index in [1.165, 1.54) is 17.0 Å². The molecule has 0 radical (unpaired) electrons. The predicted molar refractivity (Wildman–Crippen MR) is 84.7 cm³/mol. The van der Waals surface area contributed by atoms with Crippen molar-refractivity contribution in [1.82, 2.24) is 4.90 Å². The molecule has 0 saturated carbocycles. The largest absolute Gasteiger partial charge is 0.352 e. The van der Waals surface area contributed by atoms with E-state index >= 15 is 0 Å². The third-order valence-electron chi connectivity index (χ3n) is 3.88. The van der Waals surface area contributed by atoms with Crippen LogP contribution in [0.5, 0.6) is 0 Å². The molecule has 24 heavy (non-hydrogen) atoms. The highest BCUT2D eigenvalue weighted by Gasteiger charge is 2.30. The van der Waals surface area contributed by atoms with Gasteiger partial charge in [0.25, 0.3) is 5.91 Å². The Morgan fingerprint density at radius 1 is 1.08 bits per heavy atom. The Kier molecular flexibility index (Phi) is 4.19. The van der Waals surface area contributed by atoms with Gasteiger partial charge in [-0.05, 0) is 30.7 Å². The highest BCUT2D eigenvalue weighted by atomic mass is 19.2. The van der Waals surface area contributed by atoms with Gasteiger partial charge < -0.3 is 16.0 Å². The second-order valence-electron chi connectivity index (χ2n) is 5.89. The number of amides is 1. The zero-order chi connectivity index (χ0) is 17.4. The zero-order valence-corrected chi connectivity index (χ0v) is 12.9. The Labute approximate surface area is 137 Å². The van der Waals surface area contributed by atoms with E-state index in [4.69, 9.17) is 5.73 Å². The van der Waals surface area contributed by atoms with E-state index in [0.29, 0.717) is 18.7 Å². The Morgan fingerprint density at radius 2 is 1.75 bits per heavy atom. The number of carbonyl (C=O) groups is 1. The number of likely N-dealkylation sites (tertiary alicyclic amines) is 1. The van der Waals surface area contributed by atoms with Gasteiger partial charge in [-0.1, -0.05) is 6.07 Å². The molecule has 1 saturated heterocycles. The lowest BCUT2D eigenvalue weighted by molar-refractivity contribution is 0.0608. The first-order valence-electron chi connectivity index (χ1n) is 7.42. The number of hydrogen-bond donors (Lipinski definition) is 2. The minimum absolute atomic E-state index is 0.00197. The van der Waals surface area contributed by atoms with Crippen LogP contribution in [0.2, 0.25) is 0 Å². The lowest BCUT2D eigenvalue weighted by atomic mass is 10.1. The van der Waals surface area contributed by atoms with Crippen LogP contribution in [0.15, 0.2) is 30.3 Å². The minimum Gasteiger partial charge on any atom is -0.352 e. The summed E-state index contributed by atoms with van der Waals surface area (Å²) in [4.78, 5) is 13.9. The van der Waals surface area contributed by atoms with E-state index in [-0.39, 0.29) is 23.0 Å². The van der Waals surface area contributed by atoms with Crippen molar-refractivity contribution in [3.8, 4) is 0 Å². The summed E-state index contributed by atoms with van der Waals surface area (Å²) in [6, 6.07) is 5.99. The lowest BCUT2D eigenvalue weighted by Gasteiger charge is -2.37. The van der Waals surface area contributed by atoms with Crippen LogP contribution in [0.25, 0.3) is 0 Å². The fraction of sp³-hybridized carbons (Fsp3) is 0.235. The molecule has 0 unspecified atom stereocenters. The van der Waals surface area contributed by atoms with Crippen LogP contribution in [0.1, 0.15) is 15.9 Å². The lowest BCUT2D eigenvalue weighted by Crippen LogP contribution is -2.57. The molecule has 7 heteroatoms. The maximum absolute atomic E-state index is 14.0. The molecule has 4 nitrogen and oxygen atoms in total. The van der Waals surface area contributed by atoms with E-state index in [1.807, 2.05) is 0 Å². The molecule has 2 aromatic rings. The van der Waals surface area contributed by atoms with Crippen LogP contribution < -0.4 is 11.1 Å². The monoisotopic (exact) mass is 335 g/mol. The van der Waals surface area contributed by atoms with Gasteiger partial charge in [0.05, 0.1) is 16.9 Å². The number of nitrogens with two attached hydrogens (primary N) is 1. The van der Waals surface area contributed by atoms with Crippen molar-refractivity contribution in [3.05, 3.63) is 58.9 Å². The number of nitrogens with one attached hydrogen (secondary N) is 1. The molecule has 1 amide bonds. The van der Waals surface area contributed by atoms with Crippen LogP contribution >= 0.6 is 0 Å². The van der Waals surface area contributed by atoms with Crippen molar-refractivity contribution in [2.24, 2.45) is 5.73 Å². The topological polar surface area (TPSA) is 58.4 Å². The Bertz CT molecular complexity index is 804. The van der Waals surface area contributed by atoms with Crippen LogP contribution in [0, 0.1) is 24.4 Å². The molecule has 1 heterocycles. The van der Waals surface area contributed by atoms with Gasteiger partial charge in [-0.2, -0.15) is 0 Å². The van der Waals surface area contributed by atoms with Crippen molar-refractivity contribution < 1.29 is 18.0 Å². The summed E-state index contributed by atoms with van der Waals surface area (Å²) in [7, 11) is 0. The van der Waals surface area contributed by atoms with Gasteiger partial charge in [0.15, 0.2) is 11.6 Å². The summed E-state index contributed by atoms with van der Waals surface area (Å²) < 4.78 is 41.2. The van der Waals surface area contributed by atoms with E-state index in [1.54, 1.807) is 13.0 Å². The second-order valence-corrected chi connectivity index (χ2v) is 5.89. The molecule has 0 spiro atoms. The van der Waals surface area contributed by atoms with Gasteiger partial charge in [0.2, 0.25) is 0 Å². The first-order chi connectivity index (χ1) is 11.3. The van der Waals surface area contributed by atoms with Crippen molar-refractivity contribution >= 4 is 17.3 Å². The average molecular weight is 335 g/mol. The highest BCUT2D eigenvalue weighted by Crippen LogP contribution is 2.28. The predicted octanol–water partition coefficient (Wildman–Crippen LogP) is 2.94.